The summed E-state index contributed by atoms with van der Waals surface area (Å²) in [4.78, 5) is 0. The summed E-state index contributed by atoms with van der Waals surface area (Å²) >= 11 is 5.93. The van der Waals surface area contributed by atoms with Gasteiger partial charge in [0.25, 0.3) is 0 Å². The predicted octanol–water partition coefficient (Wildman–Crippen LogP) is 3.78. The third kappa shape index (κ3) is 2.90. The van der Waals surface area contributed by atoms with Crippen LogP contribution in [0, 0.1) is 11.6 Å². The second-order valence-corrected chi connectivity index (χ2v) is 4.12. The van der Waals surface area contributed by atoms with Crippen LogP contribution in [-0.4, -0.2) is 0 Å². The summed E-state index contributed by atoms with van der Waals surface area (Å²) in [5.41, 5.74) is 6.74. The standard InChI is InChI=1S/C13H10ClF2NO/c14-11-3-2-10(17)5-8(11)7-18-13-6-9(15)1-4-12(13)16/h1-6H,7,17H2. The van der Waals surface area contributed by atoms with E-state index in [1.165, 1.54) is 0 Å². The topological polar surface area (TPSA) is 35.2 Å². The van der Waals surface area contributed by atoms with Crippen LogP contribution in [0.25, 0.3) is 0 Å². The minimum Gasteiger partial charge on any atom is -0.486 e. The van der Waals surface area contributed by atoms with E-state index in [1.807, 2.05) is 0 Å². The SMILES string of the molecule is Nc1ccc(Cl)c(COc2cc(F)ccc2F)c1. The molecule has 0 aromatic heterocycles. The highest BCUT2D eigenvalue weighted by Crippen LogP contribution is 2.23. The van der Waals surface area contributed by atoms with Gasteiger partial charge in [-0.25, -0.2) is 8.78 Å². The fourth-order valence-corrected chi connectivity index (χ4v) is 1.62. The molecule has 0 aliphatic rings. The first-order valence-corrected chi connectivity index (χ1v) is 5.56. The maximum atomic E-state index is 13.3. The van der Waals surface area contributed by atoms with Gasteiger partial charge in [-0.1, -0.05) is 11.6 Å². The Balaban J connectivity index is 2.16. The van der Waals surface area contributed by atoms with Gasteiger partial charge in [-0.2, -0.15) is 0 Å². The number of nitrogens with two attached hydrogens (primary N) is 1. The Morgan fingerprint density at radius 3 is 2.67 bits per heavy atom. The summed E-state index contributed by atoms with van der Waals surface area (Å²) in [7, 11) is 0. The zero-order valence-electron chi connectivity index (χ0n) is 9.29. The Kier molecular flexibility index (Phi) is 3.67. The van der Waals surface area contributed by atoms with Gasteiger partial charge in [-0.3, -0.25) is 0 Å². The van der Waals surface area contributed by atoms with E-state index in [0.29, 0.717) is 16.3 Å². The van der Waals surface area contributed by atoms with Crippen LogP contribution in [0.2, 0.25) is 5.02 Å². The molecule has 0 spiro atoms. The normalized spacial score (nSPS) is 10.4. The molecule has 2 N–H and O–H groups in total. The smallest absolute Gasteiger partial charge is 0.165 e. The summed E-state index contributed by atoms with van der Waals surface area (Å²) in [5.74, 6) is -1.35. The number of halogens is 3. The van der Waals surface area contributed by atoms with Crippen LogP contribution in [0.1, 0.15) is 5.56 Å². The van der Waals surface area contributed by atoms with E-state index in [9.17, 15) is 8.78 Å². The zero-order valence-corrected chi connectivity index (χ0v) is 10.0. The molecule has 0 amide bonds. The van der Waals surface area contributed by atoms with Crippen molar-refractivity contribution in [2.45, 2.75) is 6.61 Å². The van der Waals surface area contributed by atoms with Crippen molar-refractivity contribution in [3.8, 4) is 5.75 Å². The monoisotopic (exact) mass is 269 g/mol. The molecule has 2 rings (SSSR count). The first kappa shape index (κ1) is 12.6. The second kappa shape index (κ2) is 5.23. The molecule has 0 unspecified atom stereocenters. The van der Waals surface area contributed by atoms with Crippen LogP contribution in [-0.2, 0) is 6.61 Å². The minimum atomic E-state index is -0.628. The summed E-state index contributed by atoms with van der Waals surface area (Å²) in [6.45, 7) is 0.0181. The molecule has 0 heterocycles. The summed E-state index contributed by atoms with van der Waals surface area (Å²) in [6.07, 6.45) is 0. The van der Waals surface area contributed by atoms with E-state index in [-0.39, 0.29) is 12.4 Å². The number of benzene rings is 2. The molecule has 0 fully saturated rings. The lowest BCUT2D eigenvalue weighted by Crippen LogP contribution is -1.99. The molecule has 18 heavy (non-hydrogen) atoms. The molecule has 0 aliphatic heterocycles. The van der Waals surface area contributed by atoms with Crippen molar-refractivity contribution in [3.63, 3.8) is 0 Å². The highest BCUT2D eigenvalue weighted by Gasteiger charge is 2.07. The molecule has 0 bridgehead atoms. The Labute approximate surface area is 108 Å². The highest BCUT2D eigenvalue weighted by atomic mass is 35.5. The van der Waals surface area contributed by atoms with E-state index in [2.05, 4.69) is 0 Å². The van der Waals surface area contributed by atoms with Gasteiger partial charge in [-0.05, 0) is 30.3 Å². The van der Waals surface area contributed by atoms with Crippen molar-refractivity contribution >= 4 is 17.3 Å². The van der Waals surface area contributed by atoms with Crippen LogP contribution < -0.4 is 10.5 Å². The number of ether oxygens (including phenoxy) is 1. The van der Waals surface area contributed by atoms with Gasteiger partial charge >= 0.3 is 0 Å². The molecule has 0 saturated heterocycles. The minimum absolute atomic E-state index is 0.0181. The van der Waals surface area contributed by atoms with E-state index < -0.39 is 11.6 Å². The molecule has 0 saturated carbocycles. The molecule has 2 aromatic rings. The third-order valence-corrected chi connectivity index (χ3v) is 2.71. The van der Waals surface area contributed by atoms with Crippen molar-refractivity contribution < 1.29 is 13.5 Å². The van der Waals surface area contributed by atoms with Crippen molar-refractivity contribution in [1.82, 2.24) is 0 Å². The van der Waals surface area contributed by atoms with Gasteiger partial charge in [0.15, 0.2) is 11.6 Å². The molecular weight excluding hydrogens is 260 g/mol. The van der Waals surface area contributed by atoms with Gasteiger partial charge < -0.3 is 10.5 Å². The lowest BCUT2D eigenvalue weighted by molar-refractivity contribution is 0.288. The first-order chi connectivity index (χ1) is 8.56. The van der Waals surface area contributed by atoms with Crippen molar-refractivity contribution in [2.75, 3.05) is 5.73 Å². The van der Waals surface area contributed by atoms with Crippen LogP contribution in [0.4, 0.5) is 14.5 Å². The van der Waals surface area contributed by atoms with Crippen molar-refractivity contribution in [3.05, 3.63) is 58.6 Å². The molecule has 2 nitrogen and oxygen atoms in total. The molecule has 0 radical (unpaired) electrons. The average Bonchev–Trinajstić information content (AvgIpc) is 2.34. The van der Waals surface area contributed by atoms with Gasteiger partial charge in [-0.15, -0.1) is 0 Å². The van der Waals surface area contributed by atoms with E-state index in [0.717, 1.165) is 18.2 Å². The van der Waals surface area contributed by atoms with Gasteiger partial charge in [0.2, 0.25) is 0 Å². The fourth-order valence-electron chi connectivity index (χ4n) is 1.45. The van der Waals surface area contributed by atoms with E-state index in [1.54, 1.807) is 18.2 Å². The first-order valence-electron chi connectivity index (χ1n) is 5.18. The van der Waals surface area contributed by atoms with E-state index >= 15 is 0 Å². The quantitative estimate of drug-likeness (QED) is 0.861. The van der Waals surface area contributed by atoms with Crippen LogP contribution in [0.5, 0.6) is 5.75 Å². The van der Waals surface area contributed by atoms with Gasteiger partial charge in [0.05, 0.1) is 0 Å². The Hall–Kier alpha value is -1.81. The number of nitrogen functional groups attached to an aromatic ring is 1. The average molecular weight is 270 g/mol. The van der Waals surface area contributed by atoms with Crippen LogP contribution in [0.3, 0.4) is 0 Å². The molecular formula is C13H10ClF2NO. The van der Waals surface area contributed by atoms with Gasteiger partial charge in [0.1, 0.15) is 12.4 Å². The number of hydrogen-bond donors (Lipinski definition) is 1. The van der Waals surface area contributed by atoms with Crippen LogP contribution in [0.15, 0.2) is 36.4 Å². The fraction of sp³-hybridized carbons (Fsp3) is 0.0769. The maximum absolute atomic E-state index is 13.3. The lowest BCUT2D eigenvalue weighted by Gasteiger charge is -2.09. The van der Waals surface area contributed by atoms with E-state index in [4.69, 9.17) is 22.1 Å². The maximum Gasteiger partial charge on any atom is 0.165 e. The lowest BCUT2D eigenvalue weighted by atomic mass is 10.2. The third-order valence-electron chi connectivity index (χ3n) is 2.35. The van der Waals surface area contributed by atoms with Crippen molar-refractivity contribution in [1.29, 1.82) is 0 Å². The van der Waals surface area contributed by atoms with Crippen LogP contribution >= 0.6 is 11.6 Å². The summed E-state index contributed by atoms with van der Waals surface area (Å²) in [5, 5.41) is 0.459. The summed E-state index contributed by atoms with van der Waals surface area (Å²) < 4.78 is 31.4. The molecule has 0 aliphatic carbocycles. The Morgan fingerprint density at radius 2 is 1.89 bits per heavy atom. The molecule has 0 atom stereocenters. The molecule has 2 aromatic carbocycles. The molecule has 5 heteroatoms. The number of hydrogen-bond acceptors (Lipinski definition) is 2. The van der Waals surface area contributed by atoms with Crippen molar-refractivity contribution in [2.24, 2.45) is 0 Å². The Morgan fingerprint density at radius 1 is 1.11 bits per heavy atom. The zero-order chi connectivity index (χ0) is 13.1. The second-order valence-electron chi connectivity index (χ2n) is 3.71. The van der Waals surface area contributed by atoms with Gasteiger partial charge in [0, 0.05) is 22.3 Å². The largest absolute Gasteiger partial charge is 0.486 e. The number of rotatable bonds is 3. The Bertz CT molecular complexity index is 523. The number of anilines is 1. The molecule has 94 valence electrons. The predicted molar refractivity (Wildman–Crippen MR) is 66.6 cm³/mol. The summed E-state index contributed by atoms with van der Waals surface area (Å²) in [6, 6.07) is 7.91. The highest BCUT2D eigenvalue weighted by molar-refractivity contribution is 6.31.